The molecule has 1 fully saturated rings. The molecule has 7 heteroatoms. The lowest BCUT2D eigenvalue weighted by molar-refractivity contribution is -0.122. The first-order valence-electron chi connectivity index (χ1n) is 8.96. The van der Waals surface area contributed by atoms with Crippen LogP contribution in [0.1, 0.15) is 39.0 Å². The van der Waals surface area contributed by atoms with E-state index in [0.717, 1.165) is 12.2 Å². The molecular weight excluding hydrogens is 340 g/mol. The summed E-state index contributed by atoms with van der Waals surface area (Å²) < 4.78 is 31.4. The molecule has 140 valence electrons. The molecule has 0 unspecified atom stereocenters. The minimum atomic E-state index is -3.14. The maximum Gasteiger partial charge on any atom is 0.223 e. The van der Waals surface area contributed by atoms with Crippen molar-refractivity contribution in [1.29, 1.82) is 0 Å². The summed E-state index contributed by atoms with van der Waals surface area (Å²) in [7, 11) is -3.14. The van der Waals surface area contributed by atoms with Gasteiger partial charge in [0.25, 0.3) is 0 Å². The number of piperidine rings is 1. The topological polar surface area (TPSA) is 75.7 Å². The third kappa shape index (κ3) is 6.66. The summed E-state index contributed by atoms with van der Waals surface area (Å²) in [6.45, 7) is 3.29. The van der Waals surface area contributed by atoms with E-state index in [9.17, 15) is 13.2 Å². The van der Waals surface area contributed by atoms with E-state index in [4.69, 9.17) is 4.74 Å². The van der Waals surface area contributed by atoms with E-state index in [1.54, 1.807) is 4.31 Å². The molecule has 0 bridgehead atoms. The van der Waals surface area contributed by atoms with Crippen LogP contribution in [0, 0.1) is 0 Å². The zero-order chi connectivity index (χ0) is 18.1. The van der Waals surface area contributed by atoms with E-state index in [2.05, 4.69) is 5.32 Å². The van der Waals surface area contributed by atoms with Gasteiger partial charge in [0.2, 0.25) is 15.9 Å². The highest BCUT2D eigenvalue weighted by atomic mass is 32.2. The molecule has 1 amide bonds. The number of para-hydroxylation sites is 1. The average Bonchev–Trinajstić information content (AvgIpc) is 2.61. The second-order valence-electron chi connectivity index (χ2n) is 6.32. The lowest BCUT2D eigenvalue weighted by Gasteiger charge is -2.31. The summed E-state index contributed by atoms with van der Waals surface area (Å²) in [4.78, 5) is 12.0. The SMILES string of the molecule is CCCCS(=O)(=O)N1CCC(NC(=O)CCOc2ccccc2)CC1. The number of carbonyl (C=O) groups excluding carboxylic acids is 1. The minimum absolute atomic E-state index is 0.0434. The number of sulfonamides is 1. The highest BCUT2D eigenvalue weighted by Gasteiger charge is 2.28. The number of amides is 1. The smallest absolute Gasteiger partial charge is 0.223 e. The van der Waals surface area contributed by atoms with Gasteiger partial charge in [0, 0.05) is 19.1 Å². The van der Waals surface area contributed by atoms with Crippen molar-refractivity contribution in [3.05, 3.63) is 30.3 Å². The zero-order valence-corrected chi connectivity index (χ0v) is 15.6. The Morgan fingerprint density at radius 3 is 2.56 bits per heavy atom. The molecule has 0 spiro atoms. The van der Waals surface area contributed by atoms with Crippen LogP contribution in [0.2, 0.25) is 0 Å². The molecular formula is C18H28N2O4S. The molecule has 2 rings (SSSR count). The monoisotopic (exact) mass is 368 g/mol. The van der Waals surface area contributed by atoms with Crippen molar-refractivity contribution in [3.63, 3.8) is 0 Å². The zero-order valence-electron chi connectivity index (χ0n) is 14.8. The molecule has 0 aromatic heterocycles. The first kappa shape index (κ1) is 19.7. The second kappa shape index (κ2) is 9.77. The molecule has 6 nitrogen and oxygen atoms in total. The van der Waals surface area contributed by atoms with Crippen LogP contribution in [0.3, 0.4) is 0 Å². The third-order valence-electron chi connectivity index (χ3n) is 4.31. The Kier molecular flexibility index (Phi) is 7.71. The number of unbranched alkanes of at least 4 members (excludes halogenated alkanes) is 1. The lowest BCUT2D eigenvalue weighted by atomic mass is 10.1. The molecule has 0 radical (unpaired) electrons. The van der Waals surface area contributed by atoms with Crippen LogP contribution in [0.15, 0.2) is 30.3 Å². The predicted molar refractivity (Wildman–Crippen MR) is 98.0 cm³/mol. The first-order valence-corrected chi connectivity index (χ1v) is 10.6. The van der Waals surface area contributed by atoms with Gasteiger partial charge in [-0.3, -0.25) is 4.79 Å². The van der Waals surface area contributed by atoms with Gasteiger partial charge >= 0.3 is 0 Å². The van der Waals surface area contributed by atoms with Gasteiger partial charge < -0.3 is 10.1 Å². The van der Waals surface area contributed by atoms with Gasteiger partial charge in [-0.05, 0) is 31.4 Å². The maximum atomic E-state index is 12.2. The Bertz CT molecular complexity index is 626. The summed E-state index contributed by atoms with van der Waals surface area (Å²) >= 11 is 0. The van der Waals surface area contributed by atoms with Gasteiger partial charge in [-0.25, -0.2) is 12.7 Å². The van der Waals surface area contributed by atoms with Gasteiger partial charge in [-0.2, -0.15) is 0 Å². The molecule has 1 aliphatic rings. The molecule has 1 aromatic carbocycles. The van der Waals surface area contributed by atoms with Gasteiger partial charge in [0.05, 0.1) is 18.8 Å². The van der Waals surface area contributed by atoms with E-state index >= 15 is 0 Å². The normalized spacial score (nSPS) is 16.5. The van der Waals surface area contributed by atoms with Crippen LogP contribution < -0.4 is 10.1 Å². The fourth-order valence-electron chi connectivity index (χ4n) is 2.81. The number of rotatable bonds is 9. The fraction of sp³-hybridized carbons (Fsp3) is 0.611. The van der Waals surface area contributed by atoms with Crippen molar-refractivity contribution in [2.75, 3.05) is 25.4 Å². The quantitative estimate of drug-likeness (QED) is 0.725. The van der Waals surface area contributed by atoms with Gasteiger partial charge in [0.1, 0.15) is 5.75 Å². The number of hydrogen-bond acceptors (Lipinski definition) is 4. The molecule has 0 saturated carbocycles. The van der Waals surface area contributed by atoms with Crippen LogP contribution >= 0.6 is 0 Å². The molecule has 0 aliphatic carbocycles. The highest BCUT2D eigenvalue weighted by Crippen LogP contribution is 2.16. The Labute approximate surface area is 150 Å². The van der Waals surface area contributed by atoms with Crippen LogP contribution in [-0.4, -0.2) is 50.1 Å². The number of benzene rings is 1. The van der Waals surface area contributed by atoms with Gasteiger partial charge in [-0.1, -0.05) is 31.5 Å². The van der Waals surface area contributed by atoms with Crippen LogP contribution in [-0.2, 0) is 14.8 Å². The number of nitrogens with zero attached hydrogens (tertiary/aromatic N) is 1. The van der Waals surface area contributed by atoms with Crippen molar-refractivity contribution in [2.45, 2.75) is 45.1 Å². The van der Waals surface area contributed by atoms with Crippen molar-refractivity contribution in [2.24, 2.45) is 0 Å². The molecule has 1 saturated heterocycles. The maximum absolute atomic E-state index is 12.2. The molecule has 1 N–H and O–H groups in total. The van der Waals surface area contributed by atoms with E-state index in [0.29, 0.717) is 45.4 Å². The van der Waals surface area contributed by atoms with Crippen molar-refractivity contribution in [1.82, 2.24) is 9.62 Å². The molecule has 25 heavy (non-hydrogen) atoms. The second-order valence-corrected chi connectivity index (χ2v) is 8.41. The van der Waals surface area contributed by atoms with E-state index in [1.807, 2.05) is 37.3 Å². The predicted octanol–water partition coefficient (Wildman–Crippen LogP) is 2.17. The van der Waals surface area contributed by atoms with Crippen LogP contribution in [0.4, 0.5) is 0 Å². The lowest BCUT2D eigenvalue weighted by Crippen LogP contribution is -2.47. The largest absolute Gasteiger partial charge is 0.493 e. The number of carbonyl (C=O) groups is 1. The molecule has 0 atom stereocenters. The molecule has 1 heterocycles. The molecule has 1 aliphatic heterocycles. The van der Waals surface area contributed by atoms with Crippen LogP contribution in [0.5, 0.6) is 5.75 Å². The summed E-state index contributed by atoms with van der Waals surface area (Å²) in [6.07, 6.45) is 3.19. The first-order chi connectivity index (χ1) is 12.0. The fourth-order valence-corrected chi connectivity index (χ4v) is 4.49. The molecule has 1 aromatic rings. The van der Waals surface area contributed by atoms with Gasteiger partial charge in [0.15, 0.2) is 0 Å². The van der Waals surface area contributed by atoms with E-state index < -0.39 is 10.0 Å². The third-order valence-corrected chi connectivity index (χ3v) is 6.27. The Balaban J connectivity index is 1.66. The van der Waals surface area contributed by atoms with Crippen molar-refractivity contribution < 1.29 is 17.9 Å². The Morgan fingerprint density at radius 2 is 1.92 bits per heavy atom. The van der Waals surface area contributed by atoms with Gasteiger partial charge in [-0.15, -0.1) is 0 Å². The summed E-state index contributed by atoms with van der Waals surface area (Å²) in [6, 6.07) is 9.44. The Hall–Kier alpha value is -1.60. The summed E-state index contributed by atoms with van der Waals surface area (Å²) in [5.74, 6) is 0.918. The van der Waals surface area contributed by atoms with Crippen molar-refractivity contribution >= 4 is 15.9 Å². The van der Waals surface area contributed by atoms with Crippen molar-refractivity contribution in [3.8, 4) is 5.75 Å². The average molecular weight is 368 g/mol. The number of nitrogens with one attached hydrogen (secondary N) is 1. The Morgan fingerprint density at radius 1 is 1.24 bits per heavy atom. The number of ether oxygens (including phenoxy) is 1. The van der Waals surface area contributed by atoms with E-state index in [1.165, 1.54) is 0 Å². The standard InChI is InChI=1S/C18H28N2O4S/c1-2-3-15-25(22,23)20-12-9-16(10-13-20)19-18(21)11-14-24-17-7-5-4-6-8-17/h4-8,16H,2-3,9-15H2,1H3,(H,19,21). The van der Waals surface area contributed by atoms with Crippen LogP contribution in [0.25, 0.3) is 0 Å². The summed E-state index contributed by atoms with van der Waals surface area (Å²) in [5.41, 5.74) is 0. The summed E-state index contributed by atoms with van der Waals surface area (Å²) in [5, 5.41) is 2.98. The highest BCUT2D eigenvalue weighted by molar-refractivity contribution is 7.89. The van der Waals surface area contributed by atoms with E-state index in [-0.39, 0.29) is 17.7 Å². The number of hydrogen-bond donors (Lipinski definition) is 1. The minimum Gasteiger partial charge on any atom is -0.493 e.